The van der Waals surface area contributed by atoms with Gasteiger partial charge >= 0.3 is 15.6 Å². The first-order valence-electron chi connectivity index (χ1n) is 10.5. The van der Waals surface area contributed by atoms with Gasteiger partial charge in [-0.1, -0.05) is 0 Å². The van der Waals surface area contributed by atoms with Crippen LogP contribution in [0.1, 0.15) is 49.9 Å². The molecule has 1 aliphatic heterocycles. The minimum Gasteiger partial charge on any atom is -0.356 e. The Morgan fingerprint density at radius 1 is 1.06 bits per heavy atom. The van der Waals surface area contributed by atoms with Gasteiger partial charge in [-0.2, -0.15) is 36.1 Å². The highest BCUT2D eigenvalue weighted by Gasteiger charge is 2.49. The summed E-state index contributed by atoms with van der Waals surface area (Å²) in [4.78, 5) is 7.55. The van der Waals surface area contributed by atoms with Crippen LogP contribution >= 0.6 is 0 Å². The summed E-state index contributed by atoms with van der Waals surface area (Å²) in [6.07, 6.45) is 2.09. The van der Waals surface area contributed by atoms with Gasteiger partial charge in [0.1, 0.15) is 17.0 Å². The second-order valence-corrected chi connectivity index (χ2v) is 9.75. The average Bonchev–Trinajstić information content (AvgIpc) is 3.55. The molecule has 0 bridgehead atoms. The zero-order valence-electron chi connectivity index (χ0n) is 17.6. The molecule has 1 aromatic carbocycles. The lowest BCUT2D eigenvalue weighted by atomic mass is 10.1. The van der Waals surface area contributed by atoms with E-state index < -0.39 is 56.9 Å². The molecule has 0 N–H and O–H groups in total. The minimum atomic E-state index is -6.26. The Balaban J connectivity index is 1.71. The second-order valence-electron chi connectivity index (χ2n) is 8.21. The molecule has 8 nitrogen and oxygen atoms in total. The first-order valence-corrected chi connectivity index (χ1v) is 11.9. The molecule has 3 aromatic rings. The smallest absolute Gasteiger partial charge is 0.356 e. The van der Waals surface area contributed by atoms with E-state index in [9.17, 15) is 34.8 Å². The fourth-order valence-corrected chi connectivity index (χ4v) is 4.28. The third-order valence-corrected chi connectivity index (χ3v) is 6.59. The molecular weight excluding hydrogens is 506 g/mol. The number of hydrogen-bond donors (Lipinski definition) is 0. The van der Waals surface area contributed by atoms with E-state index in [2.05, 4.69) is 19.2 Å². The highest BCUT2D eigenvalue weighted by molar-refractivity contribution is 7.87. The van der Waals surface area contributed by atoms with Crippen LogP contribution in [-0.4, -0.2) is 40.3 Å². The van der Waals surface area contributed by atoms with Crippen molar-refractivity contribution in [1.29, 1.82) is 0 Å². The fourth-order valence-electron chi connectivity index (χ4n) is 3.86. The van der Waals surface area contributed by atoms with Crippen molar-refractivity contribution in [2.75, 3.05) is 6.61 Å². The van der Waals surface area contributed by atoms with Crippen molar-refractivity contribution < 1.29 is 43.7 Å². The van der Waals surface area contributed by atoms with Crippen molar-refractivity contribution >= 4 is 21.0 Å². The Hall–Kier alpha value is -2.94. The van der Waals surface area contributed by atoms with Gasteiger partial charge < -0.3 is 8.92 Å². The lowest BCUT2D eigenvalue weighted by molar-refractivity contribution is -0.0502. The highest BCUT2D eigenvalue weighted by Crippen LogP contribution is 2.43. The van der Waals surface area contributed by atoms with Crippen LogP contribution in [0.4, 0.5) is 26.3 Å². The predicted octanol–water partition coefficient (Wildman–Crippen LogP) is 4.72. The summed E-state index contributed by atoms with van der Waals surface area (Å²) in [7, 11) is -6.26. The highest BCUT2D eigenvalue weighted by atomic mass is 32.2. The number of ether oxygens (including phenoxy) is 1. The van der Waals surface area contributed by atoms with Crippen LogP contribution in [0.2, 0.25) is 0 Å². The zero-order chi connectivity index (χ0) is 25.1. The van der Waals surface area contributed by atoms with Crippen LogP contribution in [0.15, 0.2) is 12.1 Å². The summed E-state index contributed by atoms with van der Waals surface area (Å²) in [5.41, 5.74) is -6.71. The quantitative estimate of drug-likeness (QED) is 0.272. The fraction of sp³-hybridized carbons (Fsp3) is 0.450. The van der Waals surface area contributed by atoms with Crippen LogP contribution < -0.4 is 4.18 Å². The topological polar surface area (TPSA) is 96.2 Å². The van der Waals surface area contributed by atoms with Crippen molar-refractivity contribution in [1.82, 2.24) is 19.7 Å². The SMILES string of the molecule is O=S(=O)(Oc1nc(-c2nn(C3CCCCO3)c3c(F)cc(F)cc23)nc(C2CC2)c1F)C(F)(F)F. The van der Waals surface area contributed by atoms with Gasteiger partial charge in [0.2, 0.25) is 5.82 Å². The first-order chi connectivity index (χ1) is 16.5. The third kappa shape index (κ3) is 4.30. The van der Waals surface area contributed by atoms with Gasteiger partial charge in [0.05, 0.1) is 5.69 Å². The molecule has 2 fully saturated rings. The Labute approximate surface area is 194 Å². The van der Waals surface area contributed by atoms with Crippen LogP contribution in [0.3, 0.4) is 0 Å². The van der Waals surface area contributed by atoms with E-state index in [4.69, 9.17) is 4.74 Å². The minimum absolute atomic E-state index is 0.158. The van der Waals surface area contributed by atoms with Gasteiger partial charge in [0.15, 0.2) is 17.9 Å². The molecule has 1 aliphatic carbocycles. The lowest BCUT2D eigenvalue weighted by Gasteiger charge is -2.23. The molecule has 15 heteroatoms. The normalized spacial score (nSPS) is 19.3. The van der Waals surface area contributed by atoms with Gasteiger partial charge in [0.25, 0.3) is 5.88 Å². The number of aromatic nitrogens is 4. The number of nitrogens with zero attached hydrogens (tertiary/aromatic N) is 4. The van der Waals surface area contributed by atoms with Crippen molar-refractivity contribution in [3.63, 3.8) is 0 Å². The van der Waals surface area contributed by atoms with E-state index in [1.165, 1.54) is 0 Å². The van der Waals surface area contributed by atoms with Gasteiger partial charge in [-0.25, -0.2) is 18.4 Å². The number of rotatable bonds is 5. The molecule has 2 aliphatic rings. The number of hydrogen-bond acceptors (Lipinski definition) is 7. The molecule has 0 spiro atoms. The average molecular weight is 522 g/mol. The molecule has 1 unspecified atom stereocenters. The molecule has 1 atom stereocenters. The molecular formula is C20H16F6N4O4S. The third-order valence-electron chi connectivity index (χ3n) is 5.64. The standard InChI is InChI=1S/C20H16F6N4O4S/c21-10-7-11-16(29-30(17(11)12(22)8-10)13-3-1-2-6-33-13)18-27-15(9-4-5-9)14(23)19(28-18)34-35(31,32)20(24,25)26/h7-9,13H,1-6H2. The van der Waals surface area contributed by atoms with Gasteiger partial charge in [-0.05, 0) is 38.2 Å². The molecule has 1 saturated heterocycles. The maximum atomic E-state index is 14.9. The Morgan fingerprint density at radius 3 is 2.43 bits per heavy atom. The predicted molar refractivity (Wildman–Crippen MR) is 107 cm³/mol. The molecule has 2 aromatic heterocycles. The monoisotopic (exact) mass is 522 g/mol. The van der Waals surface area contributed by atoms with E-state index in [1.54, 1.807) is 0 Å². The Morgan fingerprint density at radius 2 is 1.80 bits per heavy atom. The van der Waals surface area contributed by atoms with E-state index in [1.807, 2.05) is 0 Å². The summed E-state index contributed by atoms with van der Waals surface area (Å²) in [5, 5.41) is 4.07. The van der Waals surface area contributed by atoms with Crippen LogP contribution in [0.5, 0.6) is 5.88 Å². The van der Waals surface area contributed by atoms with Crippen LogP contribution in [0, 0.1) is 17.5 Å². The van der Waals surface area contributed by atoms with E-state index >= 15 is 0 Å². The summed E-state index contributed by atoms with van der Waals surface area (Å²) in [6.45, 7) is 0.357. The Bertz CT molecular complexity index is 1420. The zero-order valence-corrected chi connectivity index (χ0v) is 18.5. The molecule has 3 heterocycles. The van der Waals surface area contributed by atoms with Gasteiger partial charge in [-0.3, -0.25) is 0 Å². The lowest BCUT2D eigenvalue weighted by Crippen LogP contribution is -2.29. The maximum absolute atomic E-state index is 14.9. The summed E-state index contributed by atoms with van der Waals surface area (Å²) < 4.78 is 116. The van der Waals surface area contributed by atoms with Crippen LogP contribution in [-0.2, 0) is 14.9 Å². The van der Waals surface area contributed by atoms with E-state index in [0.29, 0.717) is 31.9 Å². The van der Waals surface area contributed by atoms with Crippen molar-refractivity contribution in [2.45, 2.75) is 49.8 Å². The molecule has 35 heavy (non-hydrogen) atoms. The van der Waals surface area contributed by atoms with Gasteiger partial charge in [0, 0.05) is 24.0 Å². The molecule has 5 rings (SSSR count). The molecule has 0 amide bonds. The Kier molecular flexibility index (Phi) is 5.66. The first kappa shape index (κ1) is 23.8. The number of alkyl halides is 3. The number of fused-ring (bicyclic) bond motifs is 1. The number of benzene rings is 1. The molecule has 1 saturated carbocycles. The van der Waals surface area contributed by atoms with Crippen molar-refractivity contribution in [3.05, 3.63) is 35.3 Å². The van der Waals surface area contributed by atoms with E-state index in [0.717, 1.165) is 23.6 Å². The molecule has 0 radical (unpaired) electrons. The van der Waals surface area contributed by atoms with Crippen molar-refractivity contribution in [2.24, 2.45) is 0 Å². The van der Waals surface area contributed by atoms with Gasteiger partial charge in [-0.15, -0.1) is 0 Å². The second kappa shape index (κ2) is 8.33. The van der Waals surface area contributed by atoms with Crippen LogP contribution in [0.25, 0.3) is 22.4 Å². The number of halogens is 6. The van der Waals surface area contributed by atoms with E-state index in [-0.39, 0.29) is 22.3 Å². The molecule has 188 valence electrons. The van der Waals surface area contributed by atoms with Crippen molar-refractivity contribution in [3.8, 4) is 17.4 Å². The summed E-state index contributed by atoms with van der Waals surface area (Å²) >= 11 is 0. The summed E-state index contributed by atoms with van der Waals surface area (Å²) in [6, 6.07) is 1.54. The maximum Gasteiger partial charge on any atom is 0.534 e. The summed E-state index contributed by atoms with van der Waals surface area (Å²) in [5.74, 6) is -6.00. The largest absolute Gasteiger partial charge is 0.534 e.